The second kappa shape index (κ2) is 6.42. The Bertz CT molecular complexity index is 827. The Kier molecular flexibility index (Phi) is 4.75. The number of nitrogens with two attached hydrogens (primary N) is 1. The second-order valence-electron chi connectivity index (χ2n) is 5.58. The van der Waals surface area contributed by atoms with E-state index in [0.29, 0.717) is 5.69 Å². The molecule has 2 rings (SSSR count). The molecule has 0 saturated carbocycles. The van der Waals surface area contributed by atoms with Crippen LogP contribution in [-0.2, 0) is 14.8 Å². The van der Waals surface area contributed by atoms with Crippen LogP contribution in [0.15, 0.2) is 47.4 Å². The molecule has 6 heteroatoms. The molecule has 0 spiro atoms. The molecule has 0 heterocycles. The minimum atomic E-state index is -3.87. The number of carbonyl (C=O) groups excluding carboxylic acids is 1. The number of hydrogen-bond donors (Lipinski definition) is 1. The average molecular weight is 332 g/mol. The van der Waals surface area contributed by atoms with Crippen molar-refractivity contribution in [2.45, 2.75) is 25.7 Å². The number of amides is 1. The van der Waals surface area contributed by atoms with Gasteiger partial charge in [0.15, 0.2) is 0 Å². The minimum Gasteiger partial charge on any atom is -0.368 e. The first-order valence-electron chi connectivity index (χ1n) is 7.17. The smallest absolute Gasteiger partial charge is 0.264 e. The number of nitrogens with zero attached hydrogens (tertiary/aromatic N) is 1. The lowest BCUT2D eigenvalue weighted by Gasteiger charge is -2.25. The predicted molar refractivity (Wildman–Crippen MR) is 90.8 cm³/mol. The molecule has 2 aromatic rings. The summed E-state index contributed by atoms with van der Waals surface area (Å²) in [7, 11) is -3.87. The first-order chi connectivity index (χ1) is 10.7. The van der Waals surface area contributed by atoms with E-state index in [4.69, 9.17) is 5.73 Å². The Balaban J connectivity index is 2.60. The zero-order valence-corrected chi connectivity index (χ0v) is 14.2. The van der Waals surface area contributed by atoms with Gasteiger partial charge in [-0.25, -0.2) is 8.42 Å². The topological polar surface area (TPSA) is 80.5 Å². The monoisotopic (exact) mass is 332 g/mol. The number of benzene rings is 2. The van der Waals surface area contributed by atoms with Crippen LogP contribution in [0.2, 0.25) is 0 Å². The van der Waals surface area contributed by atoms with Crippen LogP contribution < -0.4 is 10.0 Å². The highest BCUT2D eigenvalue weighted by atomic mass is 32.2. The summed E-state index contributed by atoms with van der Waals surface area (Å²) in [5.41, 5.74) is 8.35. The first-order valence-corrected chi connectivity index (χ1v) is 8.61. The molecule has 0 bridgehead atoms. The maximum Gasteiger partial charge on any atom is 0.264 e. The summed E-state index contributed by atoms with van der Waals surface area (Å²) in [6, 6.07) is 12.0. The quantitative estimate of drug-likeness (QED) is 0.912. The van der Waals surface area contributed by atoms with Crippen LogP contribution in [0.5, 0.6) is 0 Å². The summed E-state index contributed by atoms with van der Waals surface area (Å²) in [5.74, 6) is -0.707. The van der Waals surface area contributed by atoms with E-state index in [0.717, 1.165) is 21.0 Å². The molecule has 0 aliphatic rings. The van der Waals surface area contributed by atoms with Crippen LogP contribution in [0.3, 0.4) is 0 Å². The molecular weight excluding hydrogens is 312 g/mol. The van der Waals surface area contributed by atoms with Gasteiger partial charge in [0.2, 0.25) is 5.91 Å². The molecule has 2 N–H and O–H groups in total. The number of aryl methyl sites for hydroxylation is 3. The zero-order valence-electron chi connectivity index (χ0n) is 13.4. The fraction of sp³-hybridized carbons (Fsp3) is 0.235. The van der Waals surface area contributed by atoms with E-state index in [1.54, 1.807) is 25.1 Å². The lowest BCUT2D eigenvalue weighted by atomic mass is 10.1. The van der Waals surface area contributed by atoms with Crippen molar-refractivity contribution in [1.29, 1.82) is 0 Å². The van der Waals surface area contributed by atoms with Crippen molar-refractivity contribution < 1.29 is 13.2 Å². The zero-order chi connectivity index (χ0) is 17.2. The number of carbonyl (C=O) groups is 1. The van der Waals surface area contributed by atoms with E-state index in [9.17, 15) is 13.2 Å². The Hall–Kier alpha value is -2.34. The molecule has 122 valence electrons. The summed E-state index contributed by atoms with van der Waals surface area (Å²) in [6.45, 7) is 5.14. The predicted octanol–water partition coefficient (Wildman–Crippen LogP) is 2.29. The molecule has 0 aromatic heterocycles. The molecule has 0 atom stereocenters. The highest BCUT2D eigenvalue weighted by Gasteiger charge is 2.27. The van der Waals surface area contributed by atoms with Crippen LogP contribution in [-0.4, -0.2) is 20.9 Å². The van der Waals surface area contributed by atoms with Gasteiger partial charge in [0.25, 0.3) is 10.0 Å². The van der Waals surface area contributed by atoms with Gasteiger partial charge in [-0.1, -0.05) is 29.8 Å². The van der Waals surface area contributed by atoms with Crippen molar-refractivity contribution in [3.8, 4) is 0 Å². The van der Waals surface area contributed by atoms with E-state index in [1.165, 1.54) is 12.1 Å². The summed E-state index contributed by atoms with van der Waals surface area (Å²) in [5, 5.41) is 0. The summed E-state index contributed by atoms with van der Waals surface area (Å²) < 4.78 is 27.0. The third-order valence-electron chi connectivity index (χ3n) is 3.54. The Morgan fingerprint density at radius 3 is 2.13 bits per heavy atom. The molecule has 0 aliphatic heterocycles. The number of primary amides is 1. The third kappa shape index (κ3) is 3.71. The van der Waals surface area contributed by atoms with Crippen molar-refractivity contribution >= 4 is 21.6 Å². The number of rotatable bonds is 5. The second-order valence-corrected chi connectivity index (χ2v) is 7.44. The standard InChI is InChI=1S/C17H20N2O3S/c1-12-5-8-15(9-6-12)23(21,22)19(11-17(18)20)16-10-13(2)4-7-14(16)3/h4-10H,11H2,1-3H3,(H2,18,20). The van der Waals surface area contributed by atoms with E-state index in [-0.39, 0.29) is 4.90 Å². The van der Waals surface area contributed by atoms with E-state index in [1.807, 2.05) is 26.0 Å². The molecule has 0 aliphatic carbocycles. The lowest BCUT2D eigenvalue weighted by molar-refractivity contribution is -0.116. The van der Waals surface area contributed by atoms with Gasteiger partial charge in [0.1, 0.15) is 6.54 Å². The van der Waals surface area contributed by atoms with Gasteiger partial charge in [-0.3, -0.25) is 9.10 Å². The molecular formula is C17H20N2O3S. The number of anilines is 1. The molecule has 0 saturated heterocycles. The van der Waals surface area contributed by atoms with E-state index in [2.05, 4.69) is 0 Å². The lowest BCUT2D eigenvalue weighted by Crippen LogP contribution is -2.39. The first kappa shape index (κ1) is 17.0. The number of hydrogen-bond acceptors (Lipinski definition) is 3. The third-order valence-corrected chi connectivity index (χ3v) is 5.32. The molecule has 5 nitrogen and oxygen atoms in total. The highest BCUT2D eigenvalue weighted by Crippen LogP contribution is 2.27. The van der Waals surface area contributed by atoms with Crippen molar-refractivity contribution in [2.75, 3.05) is 10.8 Å². The van der Waals surface area contributed by atoms with Gasteiger partial charge in [-0.2, -0.15) is 0 Å². The Morgan fingerprint density at radius 2 is 1.57 bits per heavy atom. The average Bonchev–Trinajstić information content (AvgIpc) is 2.47. The van der Waals surface area contributed by atoms with Crippen molar-refractivity contribution in [1.82, 2.24) is 0 Å². The summed E-state index contributed by atoms with van der Waals surface area (Å²) >= 11 is 0. The van der Waals surface area contributed by atoms with Gasteiger partial charge in [0.05, 0.1) is 10.6 Å². The normalized spacial score (nSPS) is 11.3. The van der Waals surface area contributed by atoms with Crippen LogP contribution in [0, 0.1) is 20.8 Å². The fourth-order valence-corrected chi connectivity index (χ4v) is 3.75. The Morgan fingerprint density at radius 1 is 1.00 bits per heavy atom. The molecule has 0 unspecified atom stereocenters. The van der Waals surface area contributed by atoms with Crippen LogP contribution in [0.4, 0.5) is 5.69 Å². The van der Waals surface area contributed by atoms with Crippen LogP contribution in [0.25, 0.3) is 0 Å². The molecule has 1 amide bonds. The van der Waals surface area contributed by atoms with Crippen LogP contribution in [0.1, 0.15) is 16.7 Å². The van der Waals surface area contributed by atoms with Crippen molar-refractivity contribution in [3.05, 3.63) is 59.2 Å². The van der Waals surface area contributed by atoms with Gasteiger partial charge < -0.3 is 5.73 Å². The minimum absolute atomic E-state index is 0.130. The maximum atomic E-state index is 13.0. The summed E-state index contributed by atoms with van der Waals surface area (Å²) in [6.07, 6.45) is 0. The molecule has 0 radical (unpaired) electrons. The van der Waals surface area contributed by atoms with Crippen molar-refractivity contribution in [3.63, 3.8) is 0 Å². The van der Waals surface area contributed by atoms with Crippen molar-refractivity contribution in [2.24, 2.45) is 5.73 Å². The Labute approximate surface area is 136 Å². The molecule has 23 heavy (non-hydrogen) atoms. The molecule has 2 aromatic carbocycles. The van der Waals surface area contributed by atoms with Gasteiger partial charge in [-0.15, -0.1) is 0 Å². The fourth-order valence-electron chi connectivity index (χ4n) is 2.27. The van der Waals surface area contributed by atoms with Gasteiger partial charge >= 0.3 is 0 Å². The van der Waals surface area contributed by atoms with E-state index >= 15 is 0 Å². The molecule has 0 fully saturated rings. The number of sulfonamides is 1. The van der Waals surface area contributed by atoms with Crippen LogP contribution >= 0.6 is 0 Å². The van der Waals surface area contributed by atoms with E-state index < -0.39 is 22.5 Å². The maximum absolute atomic E-state index is 13.0. The van der Waals surface area contributed by atoms with Gasteiger partial charge in [0, 0.05) is 0 Å². The largest absolute Gasteiger partial charge is 0.368 e. The SMILES string of the molecule is Cc1ccc(S(=O)(=O)N(CC(N)=O)c2cc(C)ccc2C)cc1. The summed E-state index contributed by atoms with van der Waals surface area (Å²) in [4.78, 5) is 11.6. The highest BCUT2D eigenvalue weighted by molar-refractivity contribution is 7.92. The van der Waals surface area contributed by atoms with Gasteiger partial charge in [-0.05, 0) is 50.1 Å².